The number of halogens is 1. The van der Waals surface area contributed by atoms with Crippen molar-refractivity contribution in [3.8, 4) is 22.8 Å². The fourth-order valence-electron chi connectivity index (χ4n) is 3.09. The molecule has 0 aliphatic carbocycles. The minimum Gasteiger partial charge on any atom is -0.493 e. The number of benzene rings is 2. The Balaban J connectivity index is 1.63. The van der Waals surface area contributed by atoms with E-state index in [1.165, 1.54) is 17.4 Å². The molecule has 0 radical (unpaired) electrons. The molecule has 0 fully saturated rings. The number of aryl methyl sites for hydroxylation is 1. The molecule has 7 heteroatoms. The van der Waals surface area contributed by atoms with Gasteiger partial charge in [0.2, 0.25) is 5.91 Å². The highest BCUT2D eigenvalue weighted by molar-refractivity contribution is 9.10. The second kappa shape index (κ2) is 11.8. The molecule has 0 atom stereocenters. The standard InChI is InChI=1S/C25H27BrN2O3S/c1-4-5-6-15-31-21-13-7-18(16-22(21)30-3)8-14-23(29)27-25-28-24(17(2)32-25)19-9-11-20(26)12-10-19/h7-14,16H,4-6,15H2,1-3H3,(H,27,28,29)/b14-8+. The van der Waals surface area contributed by atoms with E-state index in [1.807, 2.05) is 49.4 Å². The summed E-state index contributed by atoms with van der Waals surface area (Å²) in [6, 6.07) is 13.6. The van der Waals surface area contributed by atoms with E-state index in [9.17, 15) is 4.79 Å². The number of ether oxygens (including phenoxy) is 2. The van der Waals surface area contributed by atoms with Crippen LogP contribution >= 0.6 is 27.3 Å². The number of amides is 1. The first-order chi connectivity index (χ1) is 15.5. The van der Waals surface area contributed by atoms with E-state index < -0.39 is 0 Å². The third-order valence-electron chi connectivity index (χ3n) is 4.76. The van der Waals surface area contributed by atoms with Gasteiger partial charge in [-0.15, -0.1) is 11.3 Å². The van der Waals surface area contributed by atoms with Gasteiger partial charge in [-0.25, -0.2) is 4.98 Å². The molecular weight excluding hydrogens is 488 g/mol. The molecular formula is C25H27BrN2O3S. The summed E-state index contributed by atoms with van der Waals surface area (Å²) in [7, 11) is 1.61. The summed E-state index contributed by atoms with van der Waals surface area (Å²) >= 11 is 4.90. The predicted octanol–water partition coefficient (Wildman–Crippen LogP) is 7.11. The number of carbonyl (C=O) groups excluding carboxylic acids is 1. The van der Waals surface area contributed by atoms with Crippen molar-refractivity contribution < 1.29 is 14.3 Å². The Morgan fingerprint density at radius 3 is 2.66 bits per heavy atom. The number of methoxy groups -OCH3 is 1. The number of hydrogen-bond donors (Lipinski definition) is 1. The molecule has 1 amide bonds. The summed E-state index contributed by atoms with van der Waals surface area (Å²) in [4.78, 5) is 18.1. The molecule has 3 rings (SSSR count). The Labute approximate surface area is 201 Å². The summed E-state index contributed by atoms with van der Waals surface area (Å²) in [5.74, 6) is 1.13. The van der Waals surface area contributed by atoms with Gasteiger partial charge in [0.1, 0.15) is 0 Å². The molecule has 0 spiro atoms. The van der Waals surface area contributed by atoms with E-state index in [0.29, 0.717) is 23.2 Å². The summed E-state index contributed by atoms with van der Waals surface area (Å²) < 4.78 is 12.3. The van der Waals surface area contributed by atoms with Gasteiger partial charge in [-0.2, -0.15) is 0 Å². The van der Waals surface area contributed by atoms with Gasteiger partial charge in [0.05, 0.1) is 19.4 Å². The topological polar surface area (TPSA) is 60.5 Å². The van der Waals surface area contributed by atoms with Crippen molar-refractivity contribution in [3.05, 3.63) is 63.5 Å². The summed E-state index contributed by atoms with van der Waals surface area (Å²) in [5, 5.41) is 3.42. The number of thiazole rings is 1. The molecule has 0 unspecified atom stereocenters. The summed E-state index contributed by atoms with van der Waals surface area (Å²) in [5.41, 5.74) is 2.74. The zero-order valence-corrected chi connectivity index (χ0v) is 20.9. The van der Waals surface area contributed by atoms with Gasteiger partial charge in [0.15, 0.2) is 16.6 Å². The van der Waals surface area contributed by atoms with E-state index in [2.05, 4.69) is 33.2 Å². The molecule has 2 aromatic carbocycles. The molecule has 0 saturated heterocycles. The number of aromatic nitrogens is 1. The van der Waals surface area contributed by atoms with E-state index in [4.69, 9.17) is 9.47 Å². The lowest BCUT2D eigenvalue weighted by Gasteiger charge is -2.11. The molecule has 0 aliphatic rings. The predicted molar refractivity (Wildman–Crippen MR) is 136 cm³/mol. The molecule has 3 aromatic rings. The Bertz CT molecular complexity index is 1080. The van der Waals surface area contributed by atoms with Gasteiger partial charge in [-0.05, 0) is 49.2 Å². The highest BCUT2D eigenvalue weighted by atomic mass is 79.9. The Morgan fingerprint density at radius 2 is 1.94 bits per heavy atom. The van der Waals surface area contributed by atoms with Crippen molar-refractivity contribution >= 4 is 44.4 Å². The Hall–Kier alpha value is -2.64. The Morgan fingerprint density at radius 1 is 1.16 bits per heavy atom. The van der Waals surface area contributed by atoms with Crippen molar-refractivity contribution in [2.45, 2.75) is 33.1 Å². The monoisotopic (exact) mass is 514 g/mol. The van der Waals surface area contributed by atoms with E-state index >= 15 is 0 Å². The number of nitrogens with zero attached hydrogens (tertiary/aromatic N) is 1. The maximum Gasteiger partial charge on any atom is 0.250 e. The first-order valence-electron chi connectivity index (χ1n) is 10.5. The van der Waals surface area contributed by atoms with E-state index in [0.717, 1.165) is 45.4 Å². The van der Waals surface area contributed by atoms with Crippen LogP contribution in [-0.2, 0) is 4.79 Å². The van der Waals surface area contributed by atoms with Crippen LogP contribution < -0.4 is 14.8 Å². The number of rotatable bonds is 10. The fourth-order valence-corrected chi connectivity index (χ4v) is 4.19. The highest BCUT2D eigenvalue weighted by Crippen LogP contribution is 2.31. The molecule has 32 heavy (non-hydrogen) atoms. The lowest BCUT2D eigenvalue weighted by atomic mass is 10.1. The van der Waals surface area contributed by atoms with E-state index in [1.54, 1.807) is 13.2 Å². The largest absolute Gasteiger partial charge is 0.493 e. The van der Waals surface area contributed by atoms with Crippen molar-refractivity contribution in [1.29, 1.82) is 0 Å². The number of nitrogens with one attached hydrogen (secondary N) is 1. The molecule has 1 aromatic heterocycles. The SMILES string of the molecule is CCCCCOc1ccc(/C=C/C(=O)Nc2nc(-c3ccc(Br)cc3)c(C)s2)cc1OC. The van der Waals surface area contributed by atoms with Crippen molar-refractivity contribution in [1.82, 2.24) is 4.98 Å². The normalized spacial score (nSPS) is 11.0. The third kappa shape index (κ3) is 6.68. The second-order valence-corrected chi connectivity index (χ2v) is 9.34. The lowest BCUT2D eigenvalue weighted by Crippen LogP contribution is -2.07. The third-order valence-corrected chi connectivity index (χ3v) is 6.18. The van der Waals surface area contributed by atoms with Gasteiger partial charge < -0.3 is 9.47 Å². The maximum absolute atomic E-state index is 12.4. The van der Waals surface area contributed by atoms with Crippen molar-refractivity contribution in [2.75, 3.05) is 19.0 Å². The average Bonchev–Trinajstić information content (AvgIpc) is 3.15. The number of carbonyl (C=O) groups is 1. The molecule has 1 heterocycles. The minimum atomic E-state index is -0.236. The molecule has 168 valence electrons. The van der Waals surface area contributed by atoms with Crippen LogP contribution in [0.5, 0.6) is 11.5 Å². The van der Waals surface area contributed by atoms with E-state index in [-0.39, 0.29) is 5.91 Å². The molecule has 0 bridgehead atoms. The number of hydrogen-bond acceptors (Lipinski definition) is 5. The first-order valence-corrected chi connectivity index (χ1v) is 12.1. The van der Waals surface area contributed by atoms with Gasteiger partial charge >= 0.3 is 0 Å². The summed E-state index contributed by atoms with van der Waals surface area (Å²) in [6.07, 6.45) is 6.54. The number of unbranched alkanes of at least 4 members (excludes halogenated alkanes) is 2. The Kier molecular flexibility index (Phi) is 8.88. The molecule has 5 nitrogen and oxygen atoms in total. The molecule has 0 saturated carbocycles. The quantitative estimate of drug-likeness (QED) is 0.231. The molecule has 1 N–H and O–H groups in total. The van der Waals surface area contributed by atoms with Gasteiger partial charge in [0, 0.05) is 21.0 Å². The zero-order valence-electron chi connectivity index (χ0n) is 18.5. The minimum absolute atomic E-state index is 0.236. The summed E-state index contributed by atoms with van der Waals surface area (Å²) in [6.45, 7) is 4.82. The van der Waals surface area contributed by atoms with Crippen LogP contribution in [0, 0.1) is 6.92 Å². The van der Waals surface area contributed by atoms with Gasteiger partial charge in [-0.1, -0.05) is 53.9 Å². The fraction of sp³-hybridized carbons (Fsp3) is 0.280. The van der Waals surface area contributed by atoms with Crippen molar-refractivity contribution in [2.24, 2.45) is 0 Å². The number of anilines is 1. The maximum atomic E-state index is 12.4. The molecule has 0 aliphatic heterocycles. The van der Waals surface area contributed by atoms with Crippen LogP contribution in [-0.4, -0.2) is 24.6 Å². The average molecular weight is 515 g/mol. The van der Waals surface area contributed by atoms with Crippen LogP contribution in [0.1, 0.15) is 36.6 Å². The lowest BCUT2D eigenvalue weighted by molar-refractivity contribution is -0.111. The van der Waals surface area contributed by atoms with Crippen molar-refractivity contribution in [3.63, 3.8) is 0 Å². The highest BCUT2D eigenvalue weighted by Gasteiger charge is 2.11. The van der Waals surface area contributed by atoms with Crippen LogP contribution in [0.2, 0.25) is 0 Å². The van der Waals surface area contributed by atoms with Crippen LogP contribution in [0.4, 0.5) is 5.13 Å². The van der Waals surface area contributed by atoms with Gasteiger partial charge in [0.25, 0.3) is 0 Å². The first kappa shape index (κ1) is 24.0. The smallest absolute Gasteiger partial charge is 0.250 e. The van der Waals surface area contributed by atoms with Crippen LogP contribution in [0.15, 0.2) is 53.0 Å². The zero-order chi connectivity index (χ0) is 22.9. The second-order valence-electron chi connectivity index (χ2n) is 7.22. The van der Waals surface area contributed by atoms with Crippen LogP contribution in [0.3, 0.4) is 0 Å². The van der Waals surface area contributed by atoms with Crippen LogP contribution in [0.25, 0.3) is 17.3 Å². The van der Waals surface area contributed by atoms with Gasteiger partial charge in [-0.3, -0.25) is 10.1 Å².